The number of benzene rings is 1. The van der Waals surface area contributed by atoms with Gasteiger partial charge in [0.05, 0.1) is 17.5 Å². The van der Waals surface area contributed by atoms with Crippen LogP contribution in [-0.4, -0.2) is 67.9 Å². The minimum Gasteiger partial charge on any atom is -0.507 e. The van der Waals surface area contributed by atoms with Crippen molar-refractivity contribution in [3.05, 3.63) is 30.5 Å². The van der Waals surface area contributed by atoms with Crippen molar-refractivity contribution in [1.29, 1.82) is 0 Å². The van der Waals surface area contributed by atoms with Crippen molar-refractivity contribution in [3.8, 4) is 40.0 Å². The maximum Gasteiger partial charge on any atom is 0.276 e. The minimum absolute atomic E-state index is 0.0409. The van der Waals surface area contributed by atoms with E-state index in [-0.39, 0.29) is 16.8 Å². The number of hydrogen-bond donors (Lipinski definition) is 2. The van der Waals surface area contributed by atoms with Crippen molar-refractivity contribution in [2.75, 3.05) is 25.2 Å². The zero-order chi connectivity index (χ0) is 24.9. The van der Waals surface area contributed by atoms with Gasteiger partial charge in [-0.1, -0.05) is 6.07 Å². The first-order valence-electron chi connectivity index (χ1n) is 12.5. The Morgan fingerprint density at radius 1 is 1.00 bits per heavy atom. The second kappa shape index (κ2) is 8.55. The van der Waals surface area contributed by atoms with E-state index < -0.39 is 0 Å². The summed E-state index contributed by atoms with van der Waals surface area (Å²) in [4.78, 5) is 6.74. The summed E-state index contributed by atoms with van der Waals surface area (Å²) in [6, 6.07) is 7.35. The minimum atomic E-state index is 0.0409. The lowest BCUT2D eigenvalue weighted by Gasteiger charge is -2.55. The molecular weight excluding hydrogens is 458 g/mol. The number of phenols is 1. The van der Waals surface area contributed by atoms with Crippen molar-refractivity contribution in [3.63, 3.8) is 0 Å². The molecule has 0 radical (unpaired) electrons. The van der Waals surface area contributed by atoms with E-state index in [4.69, 9.17) is 9.47 Å². The summed E-state index contributed by atoms with van der Waals surface area (Å²) >= 11 is 0. The van der Waals surface area contributed by atoms with E-state index in [9.17, 15) is 5.11 Å². The lowest BCUT2D eigenvalue weighted by Crippen LogP contribution is -2.66. The molecule has 3 aliphatic rings. The molecule has 3 aliphatic heterocycles. The number of fused-ring (bicyclic) bond motifs is 3. The third-order valence-electron chi connectivity index (χ3n) is 7.73. The molecule has 188 valence electrons. The second-order valence-corrected chi connectivity index (χ2v) is 10.7. The summed E-state index contributed by atoms with van der Waals surface area (Å²) < 4.78 is 11.0. The normalized spacial score (nSPS) is 26.9. The quantitative estimate of drug-likeness (QED) is 0.565. The van der Waals surface area contributed by atoms with Crippen LogP contribution < -0.4 is 19.7 Å². The Balaban J connectivity index is 1.20. The molecule has 2 aromatic heterocycles. The lowest BCUT2D eigenvalue weighted by molar-refractivity contribution is 0.0784. The molecule has 2 fully saturated rings. The highest BCUT2D eigenvalue weighted by Crippen LogP contribution is 2.42. The zero-order valence-corrected chi connectivity index (χ0v) is 20.9. The van der Waals surface area contributed by atoms with E-state index in [1.54, 1.807) is 24.4 Å². The highest BCUT2D eigenvalue weighted by molar-refractivity contribution is 5.72. The number of piperidine rings is 2. The van der Waals surface area contributed by atoms with Gasteiger partial charge in [0.25, 0.3) is 5.88 Å². The highest BCUT2D eigenvalue weighted by Gasteiger charge is 2.46. The first kappa shape index (κ1) is 22.9. The van der Waals surface area contributed by atoms with E-state index in [1.165, 1.54) is 19.3 Å². The molecule has 3 aromatic rings. The average molecular weight is 490 g/mol. The smallest absolute Gasteiger partial charge is 0.276 e. The van der Waals surface area contributed by atoms with E-state index in [1.807, 2.05) is 6.07 Å². The number of hydrogen-bond acceptors (Lipinski definition) is 10. The Morgan fingerprint density at radius 2 is 1.78 bits per heavy atom. The predicted octanol–water partition coefficient (Wildman–Crippen LogP) is 3.36. The van der Waals surface area contributed by atoms with Gasteiger partial charge in [-0.05, 0) is 58.1 Å². The standard InChI is InChI=1S/C26H31N7O3/c1-25-7-4-8-26(2,32-25)14-17(13-25)33(3)22-15-27-23(30-29-22)18-6-5-16(11-20(18)34)19-12-21-24(31-28-19)36-10-9-35-21/h5-6,11-12,15,17,32,34H,4,7-10,13-14H2,1-3H3/t17?,25-,26+. The topological polar surface area (TPSA) is 118 Å². The maximum atomic E-state index is 10.7. The van der Waals surface area contributed by atoms with Crippen LogP contribution in [0.2, 0.25) is 0 Å². The molecule has 0 saturated carbocycles. The zero-order valence-electron chi connectivity index (χ0n) is 20.9. The predicted molar refractivity (Wildman–Crippen MR) is 134 cm³/mol. The third-order valence-corrected chi connectivity index (χ3v) is 7.73. The molecule has 2 saturated heterocycles. The molecule has 3 atom stereocenters. The van der Waals surface area contributed by atoms with Gasteiger partial charge in [-0.3, -0.25) is 0 Å². The van der Waals surface area contributed by atoms with Gasteiger partial charge in [0, 0.05) is 35.8 Å². The summed E-state index contributed by atoms with van der Waals surface area (Å²) in [6.45, 7) is 5.59. The summed E-state index contributed by atoms with van der Waals surface area (Å²) in [5, 5.41) is 31.7. The molecule has 2 N–H and O–H groups in total. The van der Waals surface area contributed by atoms with Crippen molar-refractivity contribution in [2.24, 2.45) is 0 Å². The first-order valence-corrected chi connectivity index (χ1v) is 12.5. The van der Waals surface area contributed by atoms with Crippen LogP contribution in [0.5, 0.6) is 17.4 Å². The second-order valence-electron chi connectivity index (χ2n) is 10.7. The van der Waals surface area contributed by atoms with E-state index in [2.05, 4.69) is 56.5 Å². The Kier molecular flexibility index (Phi) is 5.44. The Hall–Kier alpha value is -3.53. The molecule has 1 unspecified atom stereocenters. The van der Waals surface area contributed by atoms with Gasteiger partial charge in [0.15, 0.2) is 17.4 Å². The molecule has 5 heterocycles. The number of aromatic hydroxyl groups is 1. The molecule has 0 aliphatic carbocycles. The molecule has 36 heavy (non-hydrogen) atoms. The largest absolute Gasteiger partial charge is 0.507 e. The molecule has 0 spiro atoms. The fraction of sp³-hybridized carbons (Fsp3) is 0.500. The van der Waals surface area contributed by atoms with Crippen molar-refractivity contribution in [1.82, 2.24) is 30.7 Å². The summed E-state index contributed by atoms with van der Waals surface area (Å²) in [6.07, 6.45) is 7.54. The fourth-order valence-electron chi connectivity index (χ4n) is 6.03. The number of anilines is 1. The van der Waals surface area contributed by atoms with Gasteiger partial charge in [-0.15, -0.1) is 20.4 Å². The Morgan fingerprint density at radius 3 is 2.50 bits per heavy atom. The molecule has 1 aromatic carbocycles. The molecule has 10 heteroatoms. The van der Waals surface area contributed by atoms with Gasteiger partial charge < -0.3 is 24.8 Å². The molecule has 0 amide bonds. The SMILES string of the molecule is CN(c1cnc(-c2ccc(-c3cc4c(nn3)OCCO4)cc2O)nn1)C1C[C@]2(C)CCC[C@](C)(C1)N2. The fourth-order valence-corrected chi connectivity index (χ4v) is 6.03. The lowest BCUT2D eigenvalue weighted by atomic mass is 9.69. The van der Waals surface area contributed by atoms with E-state index >= 15 is 0 Å². The van der Waals surface area contributed by atoms with Crippen LogP contribution in [0.3, 0.4) is 0 Å². The number of nitrogens with zero attached hydrogens (tertiary/aromatic N) is 6. The molecule has 10 nitrogen and oxygen atoms in total. The van der Waals surface area contributed by atoms with Crippen LogP contribution in [0.1, 0.15) is 46.0 Å². The molecular formula is C26H31N7O3. The van der Waals surface area contributed by atoms with Crippen LogP contribution in [0.15, 0.2) is 30.5 Å². The van der Waals surface area contributed by atoms with E-state index in [0.717, 1.165) is 18.7 Å². The summed E-state index contributed by atoms with van der Waals surface area (Å²) in [5.74, 6) is 2.07. The van der Waals surface area contributed by atoms with Gasteiger partial charge >= 0.3 is 0 Å². The van der Waals surface area contributed by atoms with Crippen LogP contribution in [-0.2, 0) is 0 Å². The van der Waals surface area contributed by atoms with Crippen LogP contribution in [0.4, 0.5) is 5.82 Å². The van der Waals surface area contributed by atoms with Gasteiger partial charge in [-0.2, -0.15) is 0 Å². The number of aromatic nitrogens is 5. The van der Waals surface area contributed by atoms with Gasteiger partial charge in [-0.25, -0.2) is 4.98 Å². The van der Waals surface area contributed by atoms with Crippen molar-refractivity contribution >= 4 is 5.82 Å². The van der Waals surface area contributed by atoms with Crippen molar-refractivity contribution < 1.29 is 14.6 Å². The van der Waals surface area contributed by atoms with Gasteiger partial charge in [0.2, 0.25) is 0 Å². The molecule has 6 rings (SSSR count). The maximum absolute atomic E-state index is 10.7. The third kappa shape index (κ3) is 4.19. The van der Waals surface area contributed by atoms with Crippen LogP contribution >= 0.6 is 0 Å². The van der Waals surface area contributed by atoms with Crippen LogP contribution in [0, 0.1) is 0 Å². The average Bonchev–Trinajstić information content (AvgIpc) is 2.87. The monoisotopic (exact) mass is 489 g/mol. The number of rotatable bonds is 4. The summed E-state index contributed by atoms with van der Waals surface area (Å²) in [7, 11) is 2.07. The van der Waals surface area contributed by atoms with Crippen LogP contribution in [0.25, 0.3) is 22.6 Å². The van der Waals surface area contributed by atoms with Crippen molar-refractivity contribution in [2.45, 2.75) is 63.1 Å². The first-order chi connectivity index (χ1) is 17.3. The van der Waals surface area contributed by atoms with Gasteiger partial charge in [0.1, 0.15) is 19.0 Å². The summed E-state index contributed by atoms with van der Waals surface area (Å²) in [5.41, 5.74) is 2.08. The Labute approximate surface area is 210 Å². The Bertz CT molecular complexity index is 1270. The number of ether oxygens (including phenoxy) is 2. The highest BCUT2D eigenvalue weighted by atomic mass is 16.6. The number of phenolic OH excluding ortho intramolecular Hbond substituents is 1. The van der Waals surface area contributed by atoms with E-state index in [0.29, 0.717) is 53.5 Å². The molecule has 2 bridgehead atoms. The number of nitrogens with one attached hydrogen (secondary N) is 1.